The molecule has 0 fully saturated rings. The first kappa shape index (κ1) is 15.1. The second kappa shape index (κ2) is 6.23. The van der Waals surface area contributed by atoms with Crippen molar-refractivity contribution >= 4 is 35.1 Å². The summed E-state index contributed by atoms with van der Waals surface area (Å²) in [5, 5.41) is 9.75. The third-order valence-electron chi connectivity index (χ3n) is 3.96. The predicted molar refractivity (Wildman–Crippen MR) is 102 cm³/mol. The van der Waals surface area contributed by atoms with Gasteiger partial charge in [0.25, 0.3) is 0 Å². The van der Waals surface area contributed by atoms with Gasteiger partial charge in [-0.05, 0) is 28.8 Å². The maximum absolute atomic E-state index is 6.02. The Labute approximate surface area is 150 Å². The van der Waals surface area contributed by atoms with Crippen LogP contribution in [0.5, 0.6) is 0 Å². The Morgan fingerprint density at radius 2 is 1.25 bits per heavy atom. The van der Waals surface area contributed by atoms with Gasteiger partial charge in [-0.3, -0.25) is 0 Å². The van der Waals surface area contributed by atoms with Gasteiger partial charge in [-0.15, -0.1) is 5.10 Å². The summed E-state index contributed by atoms with van der Waals surface area (Å²) in [5.74, 6) is 0. The monoisotopic (exact) mass is 350 g/mol. The smallest absolute Gasteiger partial charge is 0.101 e. The van der Waals surface area contributed by atoms with Crippen molar-refractivity contribution < 1.29 is 0 Å². The maximum atomic E-state index is 6.02. The van der Waals surface area contributed by atoms with Crippen LogP contribution in [0.1, 0.15) is 16.7 Å². The molecule has 0 atom stereocenters. The molecule has 0 aliphatic heterocycles. The maximum Gasteiger partial charge on any atom is 0.101 e. The van der Waals surface area contributed by atoms with E-state index in [2.05, 4.69) is 34.5 Å². The first-order valence-corrected chi connectivity index (χ1v) is 8.25. The minimum Gasteiger partial charge on any atom is -0.158 e. The van der Waals surface area contributed by atoms with E-state index in [9.17, 15) is 0 Å². The van der Waals surface area contributed by atoms with Crippen LogP contribution in [-0.2, 0) is 0 Å². The van der Waals surface area contributed by atoms with Gasteiger partial charge in [0.15, 0.2) is 0 Å². The fourth-order valence-corrected chi connectivity index (χ4v) is 3.15. The van der Waals surface area contributed by atoms with Gasteiger partial charge in [0.05, 0.1) is 16.3 Å². The Kier molecular flexibility index (Phi) is 3.93. The van der Waals surface area contributed by atoms with E-state index >= 15 is 0 Å². The molecule has 0 saturated carbocycles. The second-order valence-electron chi connectivity index (χ2n) is 5.46. The van der Waals surface area contributed by atoms with Crippen LogP contribution in [0.2, 0.25) is 10.0 Å². The molecule has 0 radical (unpaired) electrons. The molecule has 4 heteroatoms. The fraction of sp³-hybridized carbons (Fsp3) is 0. The third kappa shape index (κ3) is 2.64. The highest BCUT2D eigenvalue weighted by Gasteiger charge is 2.23. The molecule has 3 aromatic rings. The highest BCUT2D eigenvalue weighted by molar-refractivity contribution is 6.42. The van der Waals surface area contributed by atoms with E-state index in [1.807, 2.05) is 30.3 Å². The standard InChI is InChI=1S/C20H12Cl2N2/c21-18-10-9-13(11-19(18)22)12-23-24-20-16-7-3-1-5-14(16)15-6-2-4-8-17(15)20/h1-12H. The molecule has 116 valence electrons. The molecule has 3 aromatic carbocycles. The fourth-order valence-electron chi connectivity index (χ4n) is 2.85. The minimum atomic E-state index is 0.504. The van der Waals surface area contributed by atoms with Crippen molar-refractivity contribution in [3.63, 3.8) is 0 Å². The van der Waals surface area contributed by atoms with Gasteiger partial charge in [-0.2, -0.15) is 5.10 Å². The lowest BCUT2D eigenvalue weighted by Gasteiger charge is -1.99. The number of halogens is 2. The molecule has 2 nitrogen and oxygen atoms in total. The quantitative estimate of drug-likeness (QED) is 0.320. The Balaban J connectivity index is 1.74. The molecule has 24 heavy (non-hydrogen) atoms. The minimum absolute atomic E-state index is 0.504. The number of fused-ring (bicyclic) bond motifs is 3. The molecular weight excluding hydrogens is 339 g/mol. The number of hydrogen-bond acceptors (Lipinski definition) is 2. The average Bonchev–Trinajstić information content (AvgIpc) is 2.93. The molecular formula is C20H12Cl2N2. The molecule has 0 bridgehead atoms. The Morgan fingerprint density at radius 1 is 0.667 bits per heavy atom. The van der Waals surface area contributed by atoms with Gasteiger partial charge in [0, 0.05) is 11.1 Å². The predicted octanol–water partition coefficient (Wildman–Crippen LogP) is 5.85. The second-order valence-corrected chi connectivity index (χ2v) is 6.27. The van der Waals surface area contributed by atoms with Gasteiger partial charge in [0.2, 0.25) is 0 Å². The normalized spacial score (nSPS) is 12.3. The van der Waals surface area contributed by atoms with E-state index in [0.29, 0.717) is 10.0 Å². The average molecular weight is 351 g/mol. The lowest BCUT2D eigenvalue weighted by atomic mass is 10.1. The van der Waals surface area contributed by atoms with Crippen molar-refractivity contribution in [2.24, 2.45) is 10.2 Å². The lowest BCUT2D eigenvalue weighted by molar-refractivity contribution is 1.25. The van der Waals surface area contributed by atoms with Gasteiger partial charge < -0.3 is 0 Å². The van der Waals surface area contributed by atoms with Gasteiger partial charge in [-0.25, -0.2) is 0 Å². The number of hydrogen-bond donors (Lipinski definition) is 0. The van der Waals surface area contributed by atoms with Crippen molar-refractivity contribution in [3.05, 3.63) is 93.5 Å². The Bertz CT molecular complexity index is 943. The molecule has 0 N–H and O–H groups in total. The molecule has 0 saturated heterocycles. The zero-order chi connectivity index (χ0) is 16.5. The summed E-state index contributed by atoms with van der Waals surface area (Å²) in [6.45, 7) is 0. The largest absolute Gasteiger partial charge is 0.158 e. The third-order valence-corrected chi connectivity index (χ3v) is 4.70. The molecule has 0 amide bonds. The highest BCUT2D eigenvalue weighted by atomic mass is 35.5. The topological polar surface area (TPSA) is 24.7 Å². The first-order valence-electron chi connectivity index (χ1n) is 7.49. The van der Waals surface area contributed by atoms with E-state index in [1.54, 1.807) is 18.3 Å². The van der Waals surface area contributed by atoms with Crippen molar-refractivity contribution in [2.45, 2.75) is 0 Å². The lowest BCUT2D eigenvalue weighted by Crippen LogP contribution is -1.97. The van der Waals surface area contributed by atoms with Crippen molar-refractivity contribution in [1.82, 2.24) is 0 Å². The van der Waals surface area contributed by atoms with Crippen LogP contribution >= 0.6 is 23.2 Å². The van der Waals surface area contributed by atoms with Crippen molar-refractivity contribution in [2.75, 3.05) is 0 Å². The number of nitrogens with zero attached hydrogens (tertiary/aromatic N) is 2. The summed E-state index contributed by atoms with van der Waals surface area (Å²) < 4.78 is 0. The van der Waals surface area contributed by atoms with E-state index in [-0.39, 0.29) is 0 Å². The zero-order valence-electron chi connectivity index (χ0n) is 12.6. The summed E-state index contributed by atoms with van der Waals surface area (Å²) in [7, 11) is 0. The van der Waals surface area contributed by atoms with Gasteiger partial charge in [0.1, 0.15) is 5.71 Å². The summed E-state index contributed by atoms with van der Waals surface area (Å²) in [5.41, 5.74) is 6.33. The number of rotatable bonds is 2. The molecule has 0 heterocycles. The van der Waals surface area contributed by atoms with E-state index in [0.717, 1.165) is 22.4 Å². The van der Waals surface area contributed by atoms with E-state index in [4.69, 9.17) is 23.2 Å². The van der Waals surface area contributed by atoms with Gasteiger partial charge >= 0.3 is 0 Å². The highest BCUT2D eigenvalue weighted by Crippen LogP contribution is 2.36. The van der Waals surface area contributed by atoms with Gasteiger partial charge in [-0.1, -0.05) is 77.8 Å². The van der Waals surface area contributed by atoms with Crippen LogP contribution in [0.15, 0.2) is 76.9 Å². The molecule has 0 spiro atoms. The zero-order valence-corrected chi connectivity index (χ0v) is 14.1. The van der Waals surface area contributed by atoms with Crippen LogP contribution in [0.4, 0.5) is 0 Å². The molecule has 0 aromatic heterocycles. The SMILES string of the molecule is Clc1ccc(C=NN=C2c3ccccc3-c3ccccc32)cc1Cl. The van der Waals surface area contributed by atoms with Crippen LogP contribution in [-0.4, -0.2) is 11.9 Å². The molecule has 1 aliphatic carbocycles. The van der Waals surface area contributed by atoms with Crippen LogP contribution in [0, 0.1) is 0 Å². The van der Waals surface area contributed by atoms with Crippen LogP contribution in [0.25, 0.3) is 11.1 Å². The molecule has 4 rings (SSSR count). The summed E-state index contributed by atoms with van der Waals surface area (Å²) in [4.78, 5) is 0. The number of benzene rings is 3. The molecule has 0 unspecified atom stereocenters. The molecule has 1 aliphatic rings. The summed E-state index contributed by atoms with van der Waals surface area (Å²) in [6.07, 6.45) is 1.68. The Hall–Kier alpha value is -2.42. The Morgan fingerprint density at radius 3 is 1.83 bits per heavy atom. The first-order chi connectivity index (χ1) is 11.7. The summed E-state index contributed by atoms with van der Waals surface area (Å²) in [6, 6.07) is 21.8. The van der Waals surface area contributed by atoms with Crippen molar-refractivity contribution in [3.8, 4) is 11.1 Å². The van der Waals surface area contributed by atoms with Crippen molar-refractivity contribution in [1.29, 1.82) is 0 Å². The van der Waals surface area contributed by atoms with Crippen LogP contribution < -0.4 is 0 Å². The van der Waals surface area contributed by atoms with E-state index in [1.165, 1.54) is 11.1 Å². The van der Waals surface area contributed by atoms with E-state index < -0.39 is 0 Å². The summed E-state index contributed by atoms with van der Waals surface area (Å²) >= 11 is 12.0. The van der Waals surface area contributed by atoms with Crippen LogP contribution in [0.3, 0.4) is 0 Å².